The third kappa shape index (κ3) is 7.05. The van der Waals surface area contributed by atoms with Crippen molar-refractivity contribution in [1.29, 1.82) is 0 Å². The zero-order valence-electron chi connectivity index (χ0n) is 13.5. The lowest BCUT2D eigenvalue weighted by molar-refractivity contribution is 0.0437. The van der Waals surface area contributed by atoms with Gasteiger partial charge in [-0.15, -0.1) is 0 Å². The van der Waals surface area contributed by atoms with Crippen LogP contribution in [0.15, 0.2) is 0 Å². The van der Waals surface area contributed by atoms with Crippen LogP contribution in [0.5, 0.6) is 0 Å². The second-order valence-electron chi connectivity index (χ2n) is 8.32. The molecule has 0 fully saturated rings. The molecular formula is C15H34N2. The molecule has 17 heavy (non-hydrogen) atoms. The van der Waals surface area contributed by atoms with E-state index in [9.17, 15) is 0 Å². The molecule has 0 aromatic heterocycles. The Balaban J connectivity index is 4.62. The minimum Gasteiger partial charge on any atom is -0.313 e. The van der Waals surface area contributed by atoms with E-state index in [0.29, 0.717) is 11.5 Å². The molecule has 0 aromatic carbocycles. The Labute approximate surface area is 109 Å². The van der Waals surface area contributed by atoms with Gasteiger partial charge < -0.3 is 5.73 Å². The maximum atomic E-state index is 6.49. The first-order valence-electron chi connectivity index (χ1n) is 6.76. The van der Waals surface area contributed by atoms with Gasteiger partial charge in [-0.2, -0.15) is 0 Å². The molecule has 0 aliphatic carbocycles. The Hall–Kier alpha value is -0.0800. The molecule has 2 nitrogen and oxygen atoms in total. The fraction of sp³-hybridized carbons (Fsp3) is 1.00. The molecule has 0 aliphatic heterocycles. The van der Waals surface area contributed by atoms with Crippen LogP contribution in [-0.4, -0.2) is 23.7 Å². The summed E-state index contributed by atoms with van der Waals surface area (Å²) in [6, 6.07) is 0.507. The highest BCUT2D eigenvalue weighted by Gasteiger charge is 2.33. The molecule has 2 N–H and O–H groups in total. The zero-order valence-corrected chi connectivity index (χ0v) is 13.5. The van der Waals surface area contributed by atoms with Crippen LogP contribution in [0.3, 0.4) is 0 Å². The van der Waals surface area contributed by atoms with Crippen molar-refractivity contribution in [2.45, 2.75) is 79.9 Å². The van der Waals surface area contributed by atoms with Gasteiger partial charge in [-0.05, 0) is 44.6 Å². The van der Waals surface area contributed by atoms with Crippen LogP contribution in [0.1, 0.15) is 68.2 Å². The van der Waals surface area contributed by atoms with E-state index in [0.717, 1.165) is 6.42 Å². The van der Waals surface area contributed by atoms with Crippen molar-refractivity contribution in [3.05, 3.63) is 0 Å². The van der Waals surface area contributed by atoms with Crippen molar-refractivity contribution in [2.75, 3.05) is 7.05 Å². The zero-order chi connectivity index (χ0) is 14.1. The minimum atomic E-state index is -0.233. The minimum absolute atomic E-state index is 0.233. The van der Waals surface area contributed by atoms with Gasteiger partial charge in [0.25, 0.3) is 0 Å². The third-order valence-corrected chi connectivity index (χ3v) is 3.26. The first-order valence-corrected chi connectivity index (χ1v) is 6.76. The smallest absolute Gasteiger partial charge is 0.0663 e. The van der Waals surface area contributed by atoms with E-state index in [4.69, 9.17) is 5.73 Å². The van der Waals surface area contributed by atoms with Crippen LogP contribution in [0.4, 0.5) is 0 Å². The maximum absolute atomic E-state index is 6.49. The molecule has 0 heterocycles. The number of nitrogens with two attached hydrogens (primary N) is 1. The Morgan fingerprint density at radius 3 is 1.65 bits per heavy atom. The quantitative estimate of drug-likeness (QED) is 0.759. The summed E-state index contributed by atoms with van der Waals surface area (Å²) in [6.45, 7) is 18.0. The summed E-state index contributed by atoms with van der Waals surface area (Å²) in [4.78, 5) is 2.34. The lowest BCUT2D eigenvalue weighted by atomic mass is 9.83. The van der Waals surface area contributed by atoms with Gasteiger partial charge >= 0.3 is 0 Å². The highest BCUT2D eigenvalue weighted by molar-refractivity contribution is 4.87. The SMILES string of the molecule is CC(CC(C)(C)C)N(C)C(C)(N)CC(C)(C)C. The molecule has 0 amide bonds. The molecule has 2 unspecified atom stereocenters. The van der Waals surface area contributed by atoms with Crippen LogP contribution >= 0.6 is 0 Å². The van der Waals surface area contributed by atoms with Crippen LogP contribution in [0, 0.1) is 10.8 Å². The standard InChI is InChI=1S/C15H34N2/c1-12(10-13(2,3)4)17(9)15(8,16)11-14(5,6)7/h12H,10-11,16H2,1-9H3. The molecule has 2 atom stereocenters. The highest BCUT2D eigenvalue weighted by Crippen LogP contribution is 2.31. The normalized spacial score (nSPS) is 19.2. The van der Waals surface area contributed by atoms with Gasteiger partial charge in [-0.1, -0.05) is 41.5 Å². The summed E-state index contributed by atoms with van der Waals surface area (Å²) >= 11 is 0. The summed E-state index contributed by atoms with van der Waals surface area (Å²) in [5.41, 5.74) is 6.87. The van der Waals surface area contributed by atoms with Gasteiger partial charge in [0, 0.05) is 6.04 Å². The van der Waals surface area contributed by atoms with E-state index < -0.39 is 0 Å². The largest absolute Gasteiger partial charge is 0.313 e. The van der Waals surface area contributed by atoms with Crippen LogP contribution in [-0.2, 0) is 0 Å². The number of nitrogens with zero attached hydrogens (tertiary/aromatic N) is 1. The van der Waals surface area contributed by atoms with E-state index in [2.05, 4.69) is 67.3 Å². The monoisotopic (exact) mass is 242 g/mol. The van der Waals surface area contributed by atoms with Gasteiger partial charge in [0.1, 0.15) is 0 Å². The molecule has 0 rings (SSSR count). The van der Waals surface area contributed by atoms with Crippen molar-refractivity contribution < 1.29 is 0 Å². The van der Waals surface area contributed by atoms with Crippen molar-refractivity contribution in [2.24, 2.45) is 16.6 Å². The van der Waals surface area contributed by atoms with Gasteiger partial charge in [0.05, 0.1) is 5.66 Å². The number of hydrogen-bond donors (Lipinski definition) is 1. The molecule has 104 valence electrons. The average Bonchev–Trinajstić information content (AvgIpc) is 1.94. The molecule has 0 saturated carbocycles. The van der Waals surface area contributed by atoms with Crippen molar-refractivity contribution in [3.8, 4) is 0 Å². The Bertz CT molecular complexity index is 230. The molecular weight excluding hydrogens is 208 g/mol. The molecule has 2 heteroatoms. The lowest BCUT2D eigenvalue weighted by Gasteiger charge is -2.44. The molecule has 0 saturated heterocycles. The number of hydrogen-bond acceptors (Lipinski definition) is 2. The average molecular weight is 242 g/mol. The first-order chi connectivity index (χ1) is 7.25. The first kappa shape index (κ1) is 16.9. The van der Waals surface area contributed by atoms with Gasteiger partial charge in [0.15, 0.2) is 0 Å². The van der Waals surface area contributed by atoms with Gasteiger partial charge in [-0.3, -0.25) is 4.90 Å². The van der Waals surface area contributed by atoms with Crippen LogP contribution < -0.4 is 5.73 Å². The summed E-state index contributed by atoms with van der Waals surface area (Å²) in [7, 11) is 2.15. The Morgan fingerprint density at radius 1 is 0.941 bits per heavy atom. The van der Waals surface area contributed by atoms with Crippen LogP contribution in [0.25, 0.3) is 0 Å². The van der Waals surface area contributed by atoms with E-state index in [1.54, 1.807) is 0 Å². The third-order valence-electron chi connectivity index (χ3n) is 3.26. The molecule has 0 bridgehead atoms. The predicted octanol–water partition coefficient (Wildman–Crippen LogP) is 3.85. The topological polar surface area (TPSA) is 29.3 Å². The van der Waals surface area contributed by atoms with E-state index in [-0.39, 0.29) is 11.1 Å². The van der Waals surface area contributed by atoms with Crippen molar-refractivity contribution in [1.82, 2.24) is 4.90 Å². The maximum Gasteiger partial charge on any atom is 0.0663 e. The predicted molar refractivity (Wildman–Crippen MR) is 78.0 cm³/mol. The van der Waals surface area contributed by atoms with Gasteiger partial charge in [-0.25, -0.2) is 0 Å². The highest BCUT2D eigenvalue weighted by atomic mass is 15.3. The summed E-state index contributed by atoms with van der Waals surface area (Å²) in [5.74, 6) is 0. The lowest BCUT2D eigenvalue weighted by Crippen LogP contribution is -2.57. The molecule has 0 aromatic rings. The van der Waals surface area contributed by atoms with E-state index in [1.165, 1.54) is 6.42 Å². The second kappa shape index (κ2) is 5.27. The number of rotatable bonds is 4. The fourth-order valence-corrected chi connectivity index (χ4v) is 2.73. The van der Waals surface area contributed by atoms with Gasteiger partial charge in [0.2, 0.25) is 0 Å². The Kier molecular flexibility index (Phi) is 5.25. The van der Waals surface area contributed by atoms with E-state index >= 15 is 0 Å². The molecule has 0 radical (unpaired) electrons. The molecule has 0 spiro atoms. The Morgan fingerprint density at radius 2 is 1.35 bits per heavy atom. The van der Waals surface area contributed by atoms with Crippen molar-refractivity contribution >= 4 is 0 Å². The van der Waals surface area contributed by atoms with E-state index in [1.807, 2.05) is 0 Å². The fourth-order valence-electron chi connectivity index (χ4n) is 2.73. The second-order valence-corrected chi connectivity index (χ2v) is 8.32. The molecule has 0 aliphatic rings. The van der Waals surface area contributed by atoms with Crippen LogP contribution in [0.2, 0.25) is 0 Å². The van der Waals surface area contributed by atoms with Crippen molar-refractivity contribution in [3.63, 3.8) is 0 Å². The summed E-state index contributed by atoms with van der Waals surface area (Å²) in [5, 5.41) is 0. The summed E-state index contributed by atoms with van der Waals surface area (Å²) in [6.07, 6.45) is 2.17. The summed E-state index contributed by atoms with van der Waals surface area (Å²) < 4.78 is 0.